The molecule has 3 heterocycles. The summed E-state index contributed by atoms with van der Waals surface area (Å²) in [5.41, 5.74) is 13.9. The number of fused-ring (bicyclic) bond motifs is 1. The zero-order chi connectivity index (χ0) is 23.4. The molecule has 0 spiro atoms. The Balaban J connectivity index is 0.000000739. The highest BCUT2D eigenvalue weighted by Crippen LogP contribution is 2.38. The number of nitrogens with zero attached hydrogens (tertiary/aromatic N) is 4. The van der Waals surface area contributed by atoms with Crippen LogP contribution < -0.4 is 11.5 Å². The predicted octanol–water partition coefficient (Wildman–Crippen LogP) is 5.09. The number of nitrogens with two attached hydrogens (primary N) is 2. The number of H-pyrrole nitrogens is 1. The fourth-order valence-corrected chi connectivity index (χ4v) is 3.87. The van der Waals surface area contributed by atoms with Gasteiger partial charge >= 0.3 is 0 Å². The number of amides is 1. The molecule has 1 aliphatic rings. The number of hydrogen-bond donors (Lipinski definition) is 3. The van der Waals surface area contributed by atoms with Gasteiger partial charge in [0.25, 0.3) is 0 Å². The summed E-state index contributed by atoms with van der Waals surface area (Å²) in [5.74, 6) is 0.480. The van der Waals surface area contributed by atoms with E-state index in [1.807, 2.05) is 64.7 Å². The molecule has 8 heteroatoms. The fraction of sp³-hybridized carbons (Fsp3) is 0.565. The summed E-state index contributed by atoms with van der Waals surface area (Å²) in [6.07, 6.45) is 10.0. The molecule has 0 saturated heterocycles. The van der Waals surface area contributed by atoms with Gasteiger partial charge in [-0.25, -0.2) is 9.97 Å². The lowest BCUT2D eigenvalue weighted by atomic mass is 9.95. The highest BCUT2D eigenvalue weighted by Gasteiger charge is 2.29. The normalized spacial score (nSPS) is 13.9. The number of carbonyl (C=O) groups is 1. The molecule has 172 valence electrons. The van der Waals surface area contributed by atoms with Crippen molar-refractivity contribution in [1.82, 2.24) is 24.7 Å². The Kier molecular flexibility index (Phi) is 11.3. The third-order valence-corrected chi connectivity index (χ3v) is 5.06. The Bertz CT molecular complexity index is 910. The molecule has 1 saturated carbocycles. The average molecular weight is 430 g/mol. The molecule has 0 aliphatic heterocycles. The Morgan fingerprint density at radius 1 is 1.16 bits per heavy atom. The van der Waals surface area contributed by atoms with Gasteiger partial charge in [-0.15, -0.1) is 0 Å². The molecule has 0 radical (unpaired) electrons. The minimum Gasteiger partial charge on any atom is -0.382 e. The zero-order valence-electron chi connectivity index (χ0n) is 19.9. The van der Waals surface area contributed by atoms with Crippen LogP contribution >= 0.6 is 0 Å². The van der Waals surface area contributed by atoms with Crippen molar-refractivity contribution in [2.75, 3.05) is 5.73 Å². The third kappa shape index (κ3) is 6.29. The van der Waals surface area contributed by atoms with E-state index in [0.29, 0.717) is 11.7 Å². The molecule has 5 N–H and O–H groups in total. The first-order valence-corrected chi connectivity index (χ1v) is 11.5. The number of anilines is 1. The largest absolute Gasteiger partial charge is 0.382 e. The number of carbonyl (C=O) groups excluding carboxylic acids is 1. The van der Waals surface area contributed by atoms with Gasteiger partial charge in [0.2, 0.25) is 5.91 Å². The van der Waals surface area contributed by atoms with Gasteiger partial charge in [0.05, 0.1) is 17.3 Å². The van der Waals surface area contributed by atoms with Crippen molar-refractivity contribution < 1.29 is 4.79 Å². The lowest BCUT2D eigenvalue weighted by molar-refractivity contribution is -0.119. The van der Waals surface area contributed by atoms with E-state index in [-0.39, 0.29) is 18.4 Å². The monoisotopic (exact) mass is 429 g/mol. The van der Waals surface area contributed by atoms with Crippen molar-refractivity contribution in [2.24, 2.45) is 11.7 Å². The van der Waals surface area contributed by atoms with Gasteiger partial charge in [-0.05, 0) is 24.8 Å². The summed E-state index contributed by atoms with van der Waals surface area (Å²) in [6, 6.07) is 1.86. The standard InChI is InChI=1S/C17H21N7O.3C2H6/c18-14(25)7-13(10-3-1-2-4-10)24-8-12(16(19)23-24)15-11-5-6-20-17(11)22-9-21-15;3*1-2/h5-6,8-10,13H,1-4,7H2,(H2,18,25)(H2,19,23)(H,20,21,22);3*1-2H3. The first-order chi connectivity index (χ1) is 15.1. The van der Waals surface area contributed by atoms with E-state index >= 15 is 0 Å². The molecule has 4 rings (SSSR count). The summed E-state index contributed by atoms with van der Waals surface area (Å²) in [6.45, 7) is 12.0. The molecule has 0 bridgehead atoms. The molecule has 8 nitrogen and oxygen atoms in total. The smallest absolute Gasteiger partial charge is 0.219 e. The first kappa shape index (κ1) is 26.1. The van der Waals surface area contributed by atoms with Crippen LogP contribution in [0.2, 0.25) is 0 Å². The summed E-state index contributed by atoms with van der Waals surface area (Å²) >= 11 is 0. The van der Waals surface area contributed by atoms with E-state index in [2.05, 4.69) is 20.1 Å². The fourth-order valence-electron chi connectivity index (χ4n) is 3.87. The van der Waals surface area contributed by atoms with E-state index in [4.69, 9.17) is 11.5 Å². The van der Waals surface area contributed by atoms with Crippen LogP contribution in [0.3, 0.4) is 0 Å². The van der Waals surface area contributed by atoms with Gasteiger partial charge in [0.1, 0.15) is 12.0 Å². The van der Waals surface area contributed by atoms with Gasteiger partial charge < -0.3 is 16.5 Å². The minimum atomic E-state index is -0.317. The van der Waals surface area contributed by atoms with Gasteiger partial charge in [0.15, 0.2) is 5.82 Å². The average Bonchev–Trinajstić information content (AvgIpc) is 3.57. The number of nitrogen functional groups attached to an aromatic ring is 1. The van der Waals surface area contributed by atoms with Crippen molar-refractivity contribution in [3.63, 3.8) is 0 Å². The summed E-state index contributed by atoms with van der Waals surface area (Å²) in [5, 5.41) is 5.38. The van der Waals surface area contributed by atoms with Crippen molar-refractivity contribution >= 4 is 22.8 Å². The van der Waals surface area contributed by atoms with Gasteiger partial charge in [-0.2, -0.15) is 5.10 Å². The van der Waals surface area contributed by atoms with E-state index in [1.165, 1.54) is 19.2 Å². The number of nitrogens with one attached hydrogen (secondary N) is 1. The van der Waals surface area contributed by atoms with Crippen molar-refractivity contribution in [2.45, 2.75) is 79.7 Å². The Morgan fingerprint density at radius 2 is 1.81 bits per heavy atom. The van der Waals surface area contributed by atoms with Crippen LogP contribution in [0.5, 0.6) is 0 Å². The number of primary amides is 1. The number of aromatic amines is 1. The molecule has 1 aliphatic carbocycles. The first-order valence-electron chi connectivity index (χ1n) is 11.5. The third-order valence-electron chi connectivity index (χ3n) is 5.06. The molecule has 1 unspecified atom stereocenters. The second kappa shape index (κ2) is 13.4. The molecule has 1 atom stereocenters. The lowest BCUT2D eigenvalue weighted by Crippen LogP contribution is -2.25. The minimum absolute atomic E-state index is 0.0559. The van der Waals surface area contributed by atoms with E-state index in [1.54, 1.807) is 0 Å². The maximum Gasteiger partial charge on any atom is 0.219 e. The molecular formula is C23H39N7O. The number of rotatable bonds is 5. The van der Waals surface area contributed by atoms with Crippen LogP contribution in [0.1, 0.15) is 79.7 Å². The highest BCUT2D eigenvalue weighted by atomic mass is 16.1. The molecule has 0 aromatic carbocycles. The van der Waals surface area contributed by atoms with Crippen LogP contribution in [-0.4, -0.2) is 30.6 Å². The van der Waals surface area contributed by atoms with Crippen LogP contribution in [-0.2, 0) is 4.79 Å². The summed E-state index contributed by atoms with van der Waals surface area (Å²) in [4.78, 5) is 23.2. The molecule has 31 heavy (non-hydrogen) atoms. The van der Waals surface area contributed by atoms with Crippen molar-refractivity contribution in [3.05, 3.63) is 24.8 Å². The maximum atomic E-state index is 11.6. The molecule has 3 aromatic heterocycles. The molecule has 1 amide bonds. The van der Waals surface area contributed by atoms with E-state index in [9.17, 15) is 4.79 Å². The van der Waals surface area contributed by atoms with E-state index < -0.39 is 0 Å². The number of aromatic nitrogens is 5. The van der Waals surface area contributed by atoms with Crippen LogP contribution in [0.4, 0.5) is 5.82 Å². The molecular weight excluding hydrogens is 390 g/mol. The van der Waals surface area contributed by atoms with Crippen molar-refractivity contribution in [3.8, 4) is 11.3 Å². The SMILES string of the molecule is CC.CC.CC.NC(=O)CC(C1CCCC1)n1cc(-c2ncnc3[nH]ccc23)c(N)n1. The van der Waals surface area contributed by atoms with Crippen LogP contribution in [0, 0.1) is 5.92 Å². The van der Waals surface area contributed by atoms with E-state index in [0.717, 1.165) is 35.1 Å². The summed E-state index contributed by atoms with van der Waals surface area (Å²) < 4.78 is 1.81. The van der Waals surface area contributed by atoms with Gasteiger partial charge in [0, 0.05) is 24.2 Å². The van der Waals surface area contributed by atoms with Gasteiger partial charge in [-0.3, -0.25) is 9.48 Å². The zero-order valence-corrected chi connectivity index (χ0v) is 19.9. The Labute approximate surface area is 185 Å². The lowest BCUT2D eigenvalue weighted by Gasteiger charge is -2.22. The maximum absolute atomic E-state index is 11.6. The van der Waals surface area contributed by atoms with Crippen LogP contribution in [0.25, 0.3) is 22.3 Å². The molecule has 3 aromatic rings. The van der Waals surface area contributed by atoms with Crippen molar-refractivity contribution in [1.29, 1.82) is 0 Å². The van der Waals surface area contributed by atoms with Crippen LogP contribution in [0.15, 0.2) is 24.8 Å². The topological polar surface area (TPSA) is 128 Å². The number of hydrogen-bond acceptors (Lipinski definition) is 5. The second-order valence-electron chi connectivity index (χ2n) is 6.65. The Morgan fingerprint density at radius 3 is 2.42 bits per heavy atom. The quantitative estimate of drug-likeness (QED) is 0.520. The Hall–Kier alpha value is -2.90. The highest BCUT2D eigenvalue weighted by molar-refractivity contribution is 5.92. The second-order valence-corrected chi connectivity index (χ2v) is 6.65. The summed E-state index contributed by atoms with van der Waals surface area (Å²) in [7, 11) is 0. The van der Waals surface area contributed by atoms with Gasteiger partial charge in [-0.1, -0.05) is 54.4 Å². The molecule has 1 fully saturated rings. The predicted molar refractivity (Wildman–Crippen MR) is 128 cm³/mol.